The SMILES string of the molecule is CCNC1CCCCC1c1nc(CC(C)C)no1. The van der Waals surface area contributed by atoms with Gasteiger partial charge in [0.25, 0.3) is 0 Å². The Kier molecular flexibility index (Phi) is 4.75. The van der Waals surface area contributed by atoms with Crippen LogP contribution in [-0.4, -0.2) is 22.7 Å². The zero-order chi connectivity index (χ0) is 13.0. The molecule has 0 aliphatic heterocycles. The van der Waals surface area contributed by atoms with Gasteiger partial charge in [-0.3, -0.25) is 0 Å². The number of hydrogen-bond donors (Lipinski definition) is 1. The van der Waals surface area contributed by atoms with E-state index in [-0.39, 0.29) is 0 Å². The molecule has 0 bridgehead atoms. The third-order valence-electron chi connectivity index (χ3n) is 3.62. The van der Waals surface area contributed by atoms with Crippen LogP contribution in [0.2, 0.25) is 0 Å². The molecule has 1 aliphatic rings. The molecule has 2 atom stereocenters. The summed E-state index contributed by atoms with van der Waals surface area (Å²) in [5, 5.41) is 7.67. The Hall–Kier alpha value is -0.900. The maximum atomic E-state index is 5.48. The summed E-state index contributed by atoms with van der Waals surface area (Å²) in [6.07, 6.45) is 5.87. The standard InChI is InChI=1S/C14H25N3O/c1-4-15-12-8-6-5-7-11(12)14-16-13(17-18-14)9-10(2)3/h10-12,15H,4-9H2,1-3H3. The molecule has 0 amide bonds. The molecule has 1 aliphatic carbocycles. The highest BCUT2D eigenvalue weighted by Crippen LogP contribution is 2.32. The molecule has 0 aromatic carbocycles. The van der Waals surface area contributed by atoms with Crippen molar-refractivity contribution in [3.8, 4) is 0 Å². The quantitative estimate of drug-likeness (QED) is 0.874. The Labute approximate surface area is 110 Å². The van der Waals surface area contributed by atoms with Crippen molar-refractivity contribution in [3.05, 3.63) is 11.7 Å². The smallest absolute Gasteiger partial charge is 0.231 e. The van der Waals surface area contributed by atoms with Crippen LogP contribution in [0, 0.1) is 5.92 Å². The van der Waals surface area contributed by atoms with Crippen molar-refractivity contribution in [2.45, 2.75) is 64.8 Å². The molecule has 1 fully saturated rings. The first-order valence-corrected chi connectivity index (χ1v) is 7.26. The summed E-state index contributed by atoms with van der Waals surface area (Å²) in [6.45, 7) is 7.52. The van der Waals surface area contributed by atoms with Crippen molar-refractivity contribution in [1.29, 1.82) is 0 Å². The highest BCUT2D eigenvalue weighted by Gasteiger charge is 2.30. The zero-order valence-corrected chi connectivity index (χ0v) is 11.8. The lowest BCUT2D eigenvalue weighted by molar-refractivity contribution is 0.264. The fourth-order valence-corrected chi connectivity index (χ4v) is 2.80. The minimum atomic E-state index is 0.409. The zero-order valence-electron chi connectivity index (χ0n) is 11.8. The molecule has 0 saturated heterocycles. The van der Waals surface area contributed by atoms with Crippen LogP contribution in [0.5, 0.6) is 0 Å². The van der Waals surface area contributed by atoms with Crippen molar-refractivity contribution in [2.24, 2.45) is 5.92 Å². The van der Waals surface area contributed by atoms with E-state index in [1.54, 1.807) is 0 Å². The van der Waals surface area contributed by atoms with Crippen molar-refractivity contribution < 1.29 is 4.52 Å². The van der Waals surface area contributed by atoms with Gasteiger partial charge in [-0.25, -0.2) is 0 Å². The van der Waals surface area contributed by atoms with E-state index in [9.17, 15) is 0 Å². The number of nitrogens with zero attached hydrogens (tertiary/aromatic N) is 2. The summed E-state index contributed by atoms with van der Waals surface area (Å²) in [5.74, 6) is 2.69. The Morgan fingerprint density at radius 2 is 2.11 bits per heavy atom. The predicted octanol–water partition coefficient (Wildman–Crippen LogP) is 2.90. The lowest BCUT2D eigenvalue weighted by Gasteiger charge is -2.29. The lowest BCUT2D eigenvalue weighted by Crippen LogP contribution is -2.37. The van der Waals surface area contributed by atoms with Gasteiger partial charge in [-0.15, -0.1) is 0 Å². The molecular weight excluding hydrogens is 226 g/mol. The van der Waals surface area contributed by atoms with Crippen molar-refractivity contribution >= 4 is 0 Å². The Morgan fingerprint density at radius 3 is 2.83 bits per heavy atom. The predicted molar refractivity (Wildman–Crippen MR) is 71.5 cm³/mol. The van der Waals surface area contributed by atoms with Gasteiger partial charge in [0, 0.05) is 12.5 Å². The first-order valence-electron chi connectivity index (χ1n) is 7.26. The minimum absolute atomic E-state index is 0.409. The molecule has 1 heterocycles. The van der Waals surface area contributed by atoms with Gasteiger partial charge in [-0.05, 0) is 25.3 Å². The molecule has 1 saturated carbocycles. The van der Waals surface area contributed by atoms with Gasteiger partial charge in [0.15, 0.2) is 5.82 Å². The molecule has 102 valence electrons. The molecule has 4 nitrogen and oxygen atoms in total. The van der Waals surface area contributed by atoms with Crippen molar-refractivity contribution in [1.82, 2.24) is 15.5 Å². The fraction of sp³-hybridized carbons (Fsp3) is 0.857. The van der Waals surface area contributed by atoms with E-state index in [2.05, 4.69) is 36.2 Å². The normalized spacial score (nSPS) is 24.7. The summed E-state index contributed by atoms with van der Waals surface area (Å²) < 4.78 is 5.48. The Balaban J connectivity index is 2.05. The third-order valence-corrected chi connectivity index (χ3v) is 3.62. The number of aromatic nitrogens is 2. The number of nitrogens with one attached hydrogen (secondary N) is 1. The summed E-state index contributed by atoms with van der Waals surface area (Å²) in [5.41, 5.74) is 0. The van der Waals surface area contributed by atoms with Crippen LogP contribution in [0.1, 0.15) is 64.1 Å². The minimum Gasteiger partial charge on any atom is -0.339 e. The number of rotatable bonds is 5. The van der Waals surface area contributed by atoms with Crippen LogP contribution in [0.25, 0.3) is 0 Å². The first-order chi connectivity index (χ1) is 8.70. The molecule has 0 radical (unpaired) electrons. The highest BCUT2D eigenvalue weighted by molar-refractivity contribution is 5.01. The van der Waals surface area contributed by atoms with Gasteiger partial charge in [-0.2, -0.15) is 4.98 Å². The van der Waals surface area contributed by atoms with Crippen molar-refractivity contribution in [3.63, 3.8) is 0 Å². The summed E-state index contributed by atoms with van der Waals surface area (Å²) in [6, 6.07) is 0.510. The van der Waals surface area contributed by atoms with Gasteiger partial charge in [-0.1, -0.05) is 38.8 Å². The van der Waals surface area contributed by atoms with E-state index in [1.165, 1.54) is 25.7 Å². The third kappa shape index (κ3) is 3.31. The lowest BCUT2D eigenvalue weighted by atomic mass is 9.84. The monoisotopic (exact) mass is 251 g/mol. The average molecular weight is 251 g/mol. The average Bonchev–Trinajstić information content (AvgIpc) is 2.77. The highest BCUT2D eigenvalue weighted by atomic mass is 16.5. The summed E-state index contributed by atoms with van der Waals surface area (Å²) in [4.78, 5) is 4.59. The van der Waals surface area contributed by atoms with E-state index < -0.39 is 0 Å². The molecule has 1 N–H and O–H groups in total. The van der Waals surface area contributed by atoms with Crippen molar-refractivity contribution in [2.75, 3.05) is 6.54 Å². The van der Waals surface area contributed by atoms with Gasteiger partial charge < -0.3 is 9.84 Å². The van der Waals surface area contributed by atoms with E-state index in [0.29, 0.717) is 17.9 Å². The second kappa shape index (κ2) is 6.32. The molecular formula is C14H25N3O. The fourth-order valence-electron chi connectivity index (χ4n) is 2.80. The molecule has 1 aromatic rings. The molecule has 1 aromatic heterocycles. The van der Waals surface area contributed by atoms with Crippen LogP contribution in [-0.2, 0) is 6.42 Å². The number of likely N-dealkylation sites (N-methyl/N-ethyl adjacent to an activating group) is 1. The van der Waals surface area contributed by atoms with Crippen LogP contribution < -0.4 is 5.32 Å². The second-order valence-corrected chi connectivity index (χ2v) is 5.70. The molecule has 4 heteroatoms. The van der Waals surface area contributed by atoms with Crippen LogP contribution in [0.4, 0.5) is 0 Å². The molecule has 2 rings (SSSR count). The van der Waals surface area contributed by atoms with Crippen LogP contribution in [0.15, 0.2) is 4.52 Å². The summed E-state index contributed by atoms with van der Waals surface area (Å²) >= 11 is 0. The van der Waals surface area contributed by atoms with Gasteiger partial charge in [0.2, 0.25) is 5.89 Å². The first kappa shape index (κ1) is 13.5. The Morgan fingerprint density at radius 1 is 1.33 bits per heavy atom. The Bertz CT molecular complexity index is 360. The summed E-state index contributed by atoms with van der Waals surface area (Å²) in [7, 11) is 0. The second-order valence-electron chi connectivity index (χ2n) is 5.70. The molecule has 18 heavy (non-hydrogen) atoms. The van der Waals surface area contributed by atoms with Gasteiger partial charge in [0.05, 0.1) is 5.92 Å². The van der Waals surface area contributed by atoms with E-state index in [4.69, 9.17) is 4.52 Å². The van der Waals surface area contributed by atoms with E-state index in [0.717, 1.165) is 24.7 Å². The number of hydrogen-bond acceptors (Lipinski definition) is 4. The van der Waals surface area contributed by atoms with E-state index >= 15 is 0 Å². The topological polar surface area (TPSA) is 51.0 Å². The maximum Gasteiger partial charge on any atom is 0.231 e. The molecule has 0 spiro atoms. The largest absolute Gasteiger partial charge is 0.339 e. The van der Waals surface area contributed by atoms with Gasteiger partial charge >= 0.3 is 0 Å². The van der Waals surface area contributed by atoms with Crippen LogP contribution in [0.3, 0.4) is 0 Å². The maximum absolute atomic E-state index is 5.48. The molecule has 2 unspecified atom stereocenters. The van der Waals surface area contributed by atoms with Crippen LogP contribution >= 0.6 is 0 Å². The van der Waals surface area contributed by atoms with Gasteiger partial charge in [0.1, 0.15) is 0 Å². The van der Waals surface area contributed by atoms with E-state index in [1.807, 2.05) is 0 Å².